The van der Waals surface area contributed by atoms with Crippen molar-refractivity contribution < 1.29 is 4.79 Å². The Balaban J connectivity index is 3.39. The molecule has 0 aromatic heterocycles. The Morgan fingerprint density at radius 2 is 1.50 bits per heavy atom. The minimum atomic E-state index is -0.0198. The Hall–Kier alpha value is -1.11. The van der Waals surface area contributed by atoms with Crippen molar-refractivity contribution in [1.29, 1.82) is 0 Å². The highest BCUT2D eigenvalue weighted by molar-refractivity contribution is 5.78. The van der Waals surface area contributed by atoms with Gasteiger partial charge in [-0.15, -0.1) is 0 Å². The minimum Gasteiger partial charge on any atom is -0.285 e. The number of carbonyl (C=O) groups excluding carboxylic acids is 1. The SMILES string of the molecule is CC(C)(C)c1ccc([C]=O)c(C(C)(C)C)c1. The highest BCUT2D eigenvalue weighted by Crippen LogP contribution is 2.30. The van der Waals surface area contributed by atoms with Gasteiger partial charge >= 0.3 is 0 Å². The van der Waals surface area contributed by atoms with E-state index in [0.29, 0.717) is 5.56 Å². The first-order chi connectivity index (χ1) is 7.16. The Labute approximate surface area is 98.9 Å². The van der Waals surface area contributed by atoms with Gasteiger partial charge in [-0.25, -0.2) is 0 Å². The molecule has 0 atom stereocenters. The maximum atomic E-state index is 10.9. The molecule has 0 N–H and O–H groups in total. The standard InChI is InChI=1S/C15H21O/c1-14(2,3)12-8-7-11(10-16)13(9-12)15(4,5)6/h7-9H,1-6H3. The molecule has 16 heavy (non-hydrogen) atoms. The van der Waals surface area contributed by atoms with Crippen molar-refractivity contribution in [1.82, 2.24) is 0 Å². The highest BCUT2D eigenvalue weighted by Gasteiger charge is 2.21. The zero-order chi connectivity index (χ0) is 12.6. The summed E-state index contributed by atoms with van der Waals surface area (Å²) in [5.74, 6) is 0. The van der Waals surface area contributed by atoms with Crippen molar-refractivity contribution in [2.24, 2.45) is 0 Å². The van der Waals surface area contributed by atoms with Crippen molar-refractivity contribution in [3.8, 4) is 0 Å². The summed E-state index contributed by atoms with van der Waals surface area (Å²) in [4.78, 5) is 10.9. The van der Waals surface area contributed by atoms with Gasteiger partial charge in [0, 0.05) is 5.56 Å². The molecule has 0 fully saturated rings. The first-order valence-corrected chi connectivity index (χ1v) is 5.69. The normalized spacial score (nSPS) is 12.6. The van der Waals surface area contributed by atoms with Crippen molar-refractivity contribution in [2.75, 3.05) is 0 Å². The molecule has 0 unspecified atom stereocenters. The number of benzene rings is 1. The Morgan fingerprint density at radius 1 is 0.938 bits per heavy atom. The van der Waals surface area contributed by atoms with Crippen molar-refractivity contribution in [3.63, 3.8) is 0 Å². The van der Waals surface area contributed by atoms with E-state index >= 15 is 0 Å². The summed E-state index contributed by atoms with van der Waals surface area (Å²) in [6.07, 6.45) is 2.03. The minimum absolute atomic E-state index is 0.0198. The second-order valence-corrected chi connectivity index (χ2v) is 6.36. The molecule has 1 aromatic rings. The molecule has 0 amide bonds. The predicted molar refractivity (Wildman–Crippen MR) is 68.6 cm³/mol. The van der Waals surface area contributed by atoms with E-state index < -0.39 is 0 Å². The van der Waals surface area contributed by atoms with E-state index in [1.807, 2.05) is 18.4 Å². The van der Waals surface area contributed by atoms with Crippen LogP contribution in [0.25, 0.3) is 0 Å². The average Bonchev–Trinajstić information content (AvgIpc) is 2.14. The maximum absolute atomic E-state index is 10.9. The first-order valence-electron chi connectivity index (χ1n) is 5.69. The summed E-state index contributed by atoms with van der Waals surface area (Å²) in [5.41, 5.74) is 3.11. The van der Waals surface area contributed by atoms with E-state index in [-0.39, 0.29) is 10.8 Å². The number of hydrogen-bond acceptors (Lipinski definition) is 1. The Morgan fingerprint density at radius 3 is 1.88 bits per heavy atom. The summed E-state index contributed by atoms with van der Waals surface area (Å²) in [6, 6.07) is 6.05. The maximum Gasteiger partial charge on any atom is 0.233 e. The Bertz CT molecular complexity index is 389. The van der Waals surface area contributed by atoms with Crippen molar-refractivity contribution in [2.45, 2.75) is 52.4 Å². The molecule has 0 heterocycles. The van der Waals surface area contributed by atoms with Gasteiger partial charge < -0.3 is 0 Å². The van der Waals surface area contributed by atoms with E-state index in [9.17, 15) is 4.79 Å². The zero-order valence-corrected chi connectivity index (χ0v) is 11.1. The lowest BCUT2D eigenvalue weighted by atomic mass is 9.79. The first kappa shape index (κ1) is 13.0. The molecule has 1 heteroatoms. The molecular formula is C15H21O. The molecular weight excluding hydrogens is 196 g/mol. The topological polar surface area (TPSA) is 17.1 Å². The quantitative estimate of drug-likeness (QED) is 0.700. The highest BCUT2D eigenvalue weighted by atomic mass is 16.1. The predicted octanol–water partition coefficient (Wildman–Crippen LogP) is 3.74. The van der Waals surface area contributed by atoms with Crippen LogP contribution in [0.3, 0.4) is 0 Å². The van der Waals surface area contributed by atoms with E-state index in [2.05, 4.69) is 47.6 Å². The number of hydrogen-bond donors (Lipinski definition) is 0. The summed E-state index contributed by atoms with van der Waals surface area (Å²) >= 11 is 0. The van der Waals surface area contributed by atoms with Crippen LogP contribution in [0.15, 0.2) is 18.2 Å². The lowest BCUT2D eigenvalue weighted by Gasteiger charge is -2.25. The van der Waals surface area contributed by atoms with Crippen LogP contribution in [-0.2, 0) is 15.6 Å². The van der Waals surface area contributed by atoms with Gasteiger partial charge in [-0.1, -0.05) is 59.7 Å². The summed E-state index contributed by atoms with van der Waals surface area (Å²) in [6.45, 7) is 12.9. The van der Waals surface area contributed by atoms with Crippen LogP contribution < -0.4 is 0 Å². The van der Waals surface area contributed by atoms with Crippen molar-refractivity contribution >= 4 is 6.29 Å². The van der Waals surface area contributed by atoms with Gasteiger partial charge in [0.25, 0.3) is 0 Å². The zero-order valence-electron chi connectivity index (χ0n) is 11.1. The van der Waals surface area contributed by atoms with Crippen LogP contribution in [-0.4, -0.2) is 6.29 Å². The van der Waals surface area contributed by atoms with Crippen LogP contribution in [0.4, 0.5) is 0 Å². The molecule has 0 saturated carbocycles. The van der Waals surface area contributed by atoms with Crippen LogP contribution in [0.2, 0.25) is 0 Å². The fourth-order valence-electron chi connectivity index (χ4n) is 1.72. The molecule has 87 valence electrons. The molecule has 0 spiro atoms. The largest absolute Gasteiger partial charge is 0.285 e. The molecule has 0 bridgehead atoms. The van der Waals surface area contributed by atoms with Gasteiger partial charge in [-0.05, 0) is 22.0 Å². The van der Waals surface area contributed by atoms with Gasteiger partial charge in [0.05, 0.1) is 0 Å². The van der Waals surface area contributed by atoms with E-state index in [1.54, 1.807) is 0 Å². The van der Waals surface area contributed by atoms with E-state index in [1.165, 1.54) is 5.56 Å². The van der Waals surface area contributed by atoms with Crippen LogP contribution in [0, 0.1) is 0 Å². The summed E-state index contributed by atoms with van der Waals surface area (Å²) < 4.78 is 0. The van der Waals surface area contributed by atoms with E-state index in [4.69, 9.17) is 0 Å². The molecule has 0 saturated heterocycles. The second-order valence-electron chi connectivity index (χ2n) is 6.36. The molecule has 1 radical (unpaired) electrons. The van der Waals surface area contributed by atoms with Gasteiger partial charge in [0.15, 0.2) is 0 Å². The fourth-order valence-corrected chi connectivity index (χ4v) is 1.72. The third-order valence-corrected chi connectivity index (χ3v) is 2.80. The third-order valence-electron chi connectivity index (χ3n) is 2.80. The summed E-state index contributed by atoms with van der Waals surface area (Å²) in [7, 11) is 0. The molecule has 1 rings (SSSR count). The van der Waals surface area contributed by atoms with Crippen LogP contribution in [0.1, 0.15) is 58.2 Å². The van der Waals surface area contributed by atoms with Crippen molar-refractivity contribution in [3.05, 3.63) is 34.9 Å². The van der Waals surface area contributed by atoms with Gasteiger partial charge in [-0.2, -0.15) is 0 Å². The molecule has 0 aliphatic rings. The van der Waals surface area contributed by atoms with Crippen LogP contribution in [0.5, 0.6) is 0 Å². The third kappa shape index (κ3) is 2.72. The lowest BCUT2D eigenvalue weighted by molar-refractivity contribution is 0.551. The second kappa shape index (κ2) is 4.04. The molecule has 1 nitrogen and oxygen atoms in total. The average molecular weight is 217 g/mol. The van der Waals surface area contributed by atoms with Gasteiger partial charge in [0.1, 0.15) is 0 Å². The lowest BCUT2D eigenvalue weighted by Crippen LogP contribution is -2.18. The van der Waals surface area contributed by atoms with Gasteiger partial charge in [0.2, 0.25) is 6.29 Å². The smallest absolute Gasteiger partial charge is 0.233 e. The number of rotatable bonds is 1. The summed E-state index contributed by atoms with van der Waals surface area (Å²) in [5, 5.41) is 0. The molecule has 0 aliphatic heterocycles. The molecule has 0 aliphatic carbocycles. The Kier molecular flexibility index (Phi) is 3.27. The fraction of sp³-hybridized carbons (Fsp3) is 0.533. The van der Waals surface area contributed by atoms with Gasteiger partial charge in [-0.3, -0.25) is 4.79 Å². The monoisotopic (exact) mass is 217 g/mol. The van der Waals surface area contributed by atoms with E-state index in [0.717, 1.165) is 5.56 Å². The van der Waals surface area contributed by atoms with Crippen LogP contribution >= 0.6 is 0 Å². The molecule has 1 aromatic carbocycles.